The SMILES string of the molecule is CCC1(OCc2ccccc2)C(=O)C(C(=O)OC)Cc2c1cc[nH]c2=O. The van der Waals surface area contributed by atoms with Crippen LogP contribution < -0.4 is 5.56 Å². The fourth-order valence-electron chi connectivity index (χ4n) is 3.53. The maximum Gasteiger partial charge on any atom is 0.316 e. The molecule has 6 nitrogen and oxygen atoms in total. The molecule has 0 amide bonds. The number of aromatic amines is 1. The number of carbonyl (C=O) groups excluding carboxylic acids is 2. The highest BCUT2D eigenvalue weighted by atomic mass is 16.5. The van der Waals surface area contributed by atoms with Crippen molar-refractivity contribution in [3.63, 3.8) is 0 Å². The molecule has 2 aromatic rings. The van der Waals surface area contributed by atoms with E-state index < -0.39 is 17.5 Å². The van der Waals surface area contributed by atoms with Gasteiger partial charge in [-0.3, -0.25) is 14.4 Å². The zero-order valence-electron chi connectivity index (χ0n) is 14.8. The summed E-state index contributed by atoms with van der Waals surface area (Å²) in [4.78, 5) is 40.3. The van der Waals surface area contributed by atoms with Gasteiger partial charge in [0.05, 0.1) is 13.7 Å². The van der Waals surface area contributed by atoms with E-state index in [1.807, 2.05) is 37.3 Å². The second-order valence-corrected chi connectivity index (χ2v) is 6.30. The van der Waals surface area contributed by atoms with Gasteiger partial charge < -0.3 is 14.5 Å². The summed E-state index contributed by atoms with van der Waals surface area (Å²) >= 11 is 0. The summed E-state index contributed by atoms with van der Waals surface area (Å²) in [5.74, 6) is -2.06. The minimum absolute atomic E-state index is 0.0213. The number of ether oxygens (including phenoxy) is 2. The normalized spacial score (nSPS) is 21.9. The molecule has 1 aromatic carbocycles. The van der Waals surface area contributed by atoms with Crippen molar-refractivity contribution in [1.82, 2.24) is 4.98 Å². The Morgan fingerprint density at radius 2 is 1.96 bits per heavy atom. The van der Waals surface area contributed by atoms with Crippen molar-refractivity contribution < 1.29 is 19.1 Å². The number of benzene rings is 1. The predicted octanol–water partition coefficient (Wildman–Crippen LogP) is 2.11. The van der Waals surface area contributed by atoms with E-state index in [0.717, 1.165) is 5.56 Å². The van der Waals surface area contributed by atoms with Crippen LogP contribution in [0.3, 0.4) is 0 Å². The van der Waals surface area contributed by atoms with E-state index in [1.54, 1.807) is 6.07 Å². The van der Waals surface area contributed by atoms with Crippen molar-refractivity contribution in [3.8, 4) is 0 Å². The third-order valence-corrected chi connectivity index (χ3v) is 4.93. The number of ketones is 1. The van der Waals surface area contributed by atoms with Gasteiger partial charge in [0.25, 0.3) is 5.56 Å². The highest BCUT2D eigenvalue weighted by molar-refractivity contribution is 6.05. The summed E-state index contributed by atoms with van der Waals surface area (Å²) in [7, 11) is 1.23. The smallest absolute Gasteiger partial charge is 0.316 e. The van der Waals surface area contributed by atoms with Gasteiger partial charge in [0.15, 0.2) is 11.4 Å². The fourth-order valence-corrected chi connectivity index (χ4v) is 3.53. The number of pyridine rings is 1. The lowest BCUT2D eigenvalue weighted by molar-refractivity contribution is -0.165. The van der Waals surface area contributed by atoms with E-state index in [-0.39, 0.29) is 24.4 Å². The first kappa shape index (κ1) is 18.1. The maximum atomic E-state index is 13.2. The molecule has 0 radical (unpaired) electrons. The van der Waals surface area contributed by atoms with E-state index in [2.05, 4.69) is 4.98 Å². The van der Waals surface area contributed by atoms with Crippen molar-refractivity contribution in [2.45, 2.75) is 32.0 Å². The van der Waals surface area contributed by atoms with Gasteiger partial charge >= 0.3 is 5.97 Å². The van der Waals surface area contributed by atoms with Crippen LogP contribution in [0, 0.1) is 5.92 Å². The molecular weight excluding hydrogens is 334 g/mol. The van der Waals surface area contributed by atoms with Crippen LogP contribution in [0.5, 0.6) is 0 Å². The van der Waals surface area contributed by atoms with Gasteiger partial charge in [0, 0.05) is 17.3 Å². The molecule has 1 heterocycles. The Bertz CT molecular complexity index is 873. The quantitative estimate of drug-likeness (QED) is 0.656. The van der Waals surface area contributed by atoms with Gasteiger partial charge in [-0.25, -0.2) is 0 Å². The lowest BCUT2D eigenvalue weighted by Crippen LogP contribution is -2.51. The molecule has 0 saturated heterocycles. The Balaban J connectivity index is 2.08. The number of fused-ring (bicyclic) bond motifs is 1. The summed E-state index contributed by atoms with van der Waals surface area (Å²) in [5.41, 5.74) is 0.170. The Morgan fingerprint density at radius 3 is 2.62 bits per heavy atom. The van der Waals surface area contributed by atoms with Gasteiger partial charge in [-0.1, -0.05) is 37.3 Å². The van der Waals surface area contributed by atoms with Crippen molar-refractivity contribution in [2.75, 3.05) is 7.11 Å². The first-order valence-corrected chi connectivity index (χ1v) is 8.54. The molecule has 26 heavy (non-hydrogen) atoms. The number of esters is 1. The molecule has 0 aliphatic heterocycles. The van der Waals surface area contributed by atoms with Crippen LogP contribution in [-0.4, -0.2) is 23.8 Å². The van der Waals surface area contributed by atoms with Crippen LogP contribution in [0.1, 0.15) is 30.0 Å². The minimum Gasteiger partial charge on any atom is -0.468 e. The third-order valence-electron chi connectivity index (χ3n) is 4.93. The lowest BCUT2D eigenvalue weighted by Gasteiger charge is -2.39. The van der Waals surface area contributed by atoms with Crippen LogP contribution in [-0.2, 0) is 37.7 Å². The van der Waals surface area contributed by atoms with Crippen LogP contribution >= 0.6 is 0 Å². The number of hydrogen-bond donors (Lipinski definition) is 1. The van der Waals surface area contributed by atoms with Gasteiger partial charge in [0.1, 0.15) is 5.92 Å². The summed E-state index contributed by atoms with van der Waals surface area (Å²) in [5, 5.41) is 0. The molecule has 2 unspecified atom stereocenters. The van der Waals surface area contributed by atoms with Crippen LogP contribution in [0.2, 0.25) is 0 Å². The Labute approximate surface area is 151 Å². The molecule has 1 N–H and O–H groups in total. The van der Waals surface area contributed by atoms with Crippen LogP contribution in [0.25, 0.3) is 0 Å². The number of Topliss-reactive ketones (excluding diaryl/α,β-unsaturated/α-hetero) is 1. The second kappa shape index (κ2) is 7.25. The molecule has 1 aromatic heterocycles. The van der Waals surface area contributed by atoms with E-state index >= 15 is 0 Å². The molecule has 0 bridgehead atoms. The number of methoxy groups -OCH3 is 1. The third kappa shape index (κ3) is 2.97. The molecule has 2 atom stereocenters. The standard InChI is InChI=1S/C20H21NO5/c1-3-20(26-12-13-7-5-4-6-8-13)16-9-10-21-18(23)14(16)11-15(17(20)22)19(24)25-2/h4-10,15H,3,11-12H2,1-2H3,(H,21,23). The molecule has 6 heteroatoms. The predicted molar refractivity (Wildman–Crippen MR) is 94.5 cm³/mol. The number of nitrogens with one attached hydrogen (secondary N) is 1. The van der Waals surface area contributed by atoms with Gasteiger partial charge in [-0.15, -0.1) is 0 Å². The summed E-state index contributed by atoms with van der Waals surface area (Å²) in [6, 6.07) is 11.1. The van der Waals surface area contributed by atoms with E-state index in [4.69, 9.17) is 9.47 Å². The van der Waals surface area contributed by atoms with Crippen molar-refractivity contribution in [2.24, 2.45) is 5.92 Å². The topological polar surface area (TPSA) is 85.5 Å². The van der Waals surface area contributed by atoms with Gasteiger partial charge in [-0.05, 0) is 24.5 Å². The monoisotopic (exact) mass is 355 g/mol. The maximum absolute atomic E-state index is 13.2. The van der Waals surface area contributed by atoms with E-state index in [1.165, 1.54) is 13.3 Å². The first-order chi connectivity index (χ1) is 12.5. The first-order valence-electron chi connectivity index (χ1n) is 8.54. The molecule has 0 fully saturated rings. The summed E-state index contributed by atoms with van der Waals surface area (Å²) < 4.78 is 10.9. The zero-order valence-corrected chi connectivity index (χ0v) is 14.8. The molecule has 0 saturated carbocycles. The van der Waals surface area contributed by atoms with E-state index in [9.17, 15) is 14.4 Å². The molecule has 136 valence electrons. The lowest BCUT2D eigenvalue weighted by atomic mass is 9.71. The highest BCUT2D eigenvalue weighted by Crippen LogP contribution is 2.40. The van der Waals surface area contributed by atoms with Gasteiger partial charge in [0.2, 0.25) is 0 Å². The molecule has 1 aliphatic carbocycles. The Hall–Kier alpha value is -2.73. The van der Waals surface area contributed by atoms with Gasteiger partial charge in [-0.2, -0.15) is 0 Å². The molecule has 0 spiro atoms. The fraction of sp³-hybridized carbons (Fsp3) is 0.350. The molecule has 1 aliphatic rings. The average molecular weight is 355 g/mol. The van der Waals surface area contributed by atoms with Crippen LogP contribution in [0.15, 0.2) is 47.4 Å². The highest BCUT2D eigenvalue weighted by Gasteiger charge is 2.51. The number of hydrogen-bond acceptors (Lipinski definition) is 5. The van der Waals surface area contributed by atoms with Crippen LogP contribution in [0.4, 0.5) is 0 Å². The van der Waals surface area contributed by atoms with Crippen molar-refractivity contribution >= 4 is 11.8 Å². The number of carbonyl (C=O) groups is 2. The van der Waals surface area contributed by atoms with E-state index in [0.29, 0.717) is 17.5 Å². The Morgan fingerprint density at radius 1 is 1.23 bits per heavy atom. The summed E-state index contributed by atoms with van der Waals surface area (Å²) in [6.07, 6.45) is 1.83. The summed E-state index contributed by atoms with van der Waals surface area (Å²) in [6.45, 7) is 2.01. The number of H-pyrrole nitrogens is 1. The average Bonchev–Trinajstić information content (AvgIpc) is 2.68. The largest absolute Gasteiger partial charge is 0.468 e. The van der Waals surface area contributed by atoms with Crippen molar-refractivity contribution in [3.05, 3.63) is 69.6 Å². The zero-order chi connectivity index (χ0) is 18.7. The Kier molecular flexibility index (Phi) is 5.04. The molecule has 3 rings (SSSR count). The second-order valence-electron chi connectivity index (χ2n) is 6.30. The minimum atomic E-state index is -1.35. The number of aromatic nitrogens is 1. The molecular formula is C20H21NO5. The van der Waals surface area contributed by atoms with Crippen molar-refractivity contribution in [1.29, 1.82) is 0 Å². The number of rotatable bonds is 5.